The molecule has 1 aliphatic heterocycles. The number of esters is 1. The summed E-state index contributed by atoms with van der Waals surface area (Å²) in [6, 6.07) is 15.2. The van der Waals surface area contributed by atoms with Gasteiger partial charge in [0.25, 0.3) is 0 Å². The summed E-state index contributed by atoms with van der Waals surface area (Å²) in [5, 5.41) is 0.504. The van der Waals surface area contributed by atoms with E-state index in [1.54, 1.807) is 36.4 Å². The van der Waals surface area contributed by atoms with Gasteiger partial charge in [-0.1, -0.05) is 46.3 Å². The number of aryl methyl sites for hydroxylation is 1. The summed E-state index contributed by atoms with van der Waals surface area (Å²) in [6.45, 7) is 0.496. The molecule has 2 aromatic rings. The highest BCUT2D eigenvalue weighted by atomic mass is 79.9. The molecule has 0 saturated carbocycles. The van der Waals surface area contributed by atoms with E-state index < -0.39 is 5.79 Å². The predicted octanol–water partition coefficient (Wildman–Crippen LogP) is 4.12. The highest BCUT2D eigenvalue weighted by Crippen LogP contribution is 2.31. The molecule has 3 rings (SSSR count). The van der Waals surface area contributed by atoms with Crippen LogP contribution in [-0.4, -0.2) is 36.4 Å². The fraction of sp³-hybridized carbons (Fsp3) is 0.350. The fourth-order valence-corrected chi connectivity index (χ4v) is 3.35. The second-order valence-electron chi connectivity index (χ2n) is 6.19. The molecule has 0 aromatic heterocycles. The van der Waals surface area contributed by atoms with Gasteiger partial charge in [-0.25, -0.2) is 9.18 Å². The molecule has 0 aliphatic carbocycles. The molecule has 1 heterocycles. The van der Waals surface area contributed by atoms with Crippen LogP contribution in [0.2, 0.25) is 0 Å². The molecule has 0 N–H and O–H groups in total. The summed E-state index contributed by atoms with van der Waals surface area (Å²) in [4.78, 5) is 12.0. The van der Waals surface area contributed by atoms with Crippen molar-refractivity contribution in [2.24, 2.45) is 0 Å². The molecule has 1 saturated heterocycles. The van der Waals surface area contributed by atoms with Gasteiger partial charge in [0.15, 0.2) is 5.79 Å². The van der Waals surface area contributed by atoms with Crippen molar-refractivity contribution in [3.63, 3.8) is 0 Å². The van der Waals surface area contributed by atoms with Gasteiger partial charge >= 0.3 is 5.97 Å². The van der Waals surface area contributed by atoms with Crippen LogP contribution in [0.25, 0.3) is 0 Å². The number of hydrogen-bond acceptors (Lipinski definition) is 4. The lowest BCUT2D eigenvalue weighted by Gasteiger charge is -2.26. The maximum Gasteiger partial charge on any atom is 0.338 e. The molecule has 6 heteroatoms. The van der Waals surface area contributed by atoms with Crippen LogP contribution in [0.15, 0.2) is 54.6 Å². The van der Waals surface area contributed by atoms with Gasteiger partial charge in [-0.3, -0.25) is 0 Å². The van der Waals surface area contributed by atoms with E-state index in [2.05, 4.69) is 15.9 Å². The molecule has 138 valence electrons. The molecule has 1 aliphatic rings. The predicted molar refractivity (Wildman–Crippen MR) is 98.8 cm³/mol. The summed E-state index contributed by atoms with van der Waals surface area (Å²) in [6.07, 6.45) is 1.00. The molecule has 0 spiro atoms. The van der Waals surface area contributed by atoms with Crippen molar-refractivity contribution in [3.05, 3.63) is 71.5 Å². The Hall–Kier alpha value is -1.76. The monoisotopic (exact) mass is 422 g/mol. The zero-order chi connectivity index (χ0) is 18.4. The largest absolute Gasteiger partial charge is 0.459 e. The Balaban J connectivity index is 1.50. The maximum absolute atomic E-state index is 13.0. The summed E-state index contributed by atoms with van der Waals surface area (Å²) in [5.74, 6) is -1.40. The molecule has 2 aromatic carbocycles. The number of benzene rings is 2. The van der Waals surface area contributed by atoms with E-state index in [9.17, 15) is 9.18 Å². The minimum Gasteiger partial charge on any atom is -0.459 e. The van der Waals surface area contributed by atoms with Crippen molar-refractivity contribution >= 4 is 21.9 Å². The van der Waals surface area contributed by atoms with Gasteiger partial charge in [0.05, 0.1) is 17.5 Å². The van der Waals surface area contributed by atoms with Crippen molar-refractivity contribution in [2.75, 3.05) is 18.5 Å². The van der Waals surface area contributed by atoms with Gasteiger partial charge in [-0.2, -0.15) is 0 Å². The molecule has 4 nitrogen and oxygen atoms in total. The lowest BCUT2D eigenvalue weighted by atomic mass is 10.1. The normalized spacial score (nSPS) is 22.3. The Bertz CT molecular complexity index is 722. The average Bonchev–Trinajstić information content (AvgIpc) is 3.10. The van der Waals surface area contributed by atoms with Crippen molar-refractivity contribution in [1.82, 2.24) is 0 Å². The third kappa shape index (κ3) is 4.90. The number of ether oxygens (including phenoxy) is 3. The van der Waals surface area contributed by atoms with Gasteiger partial charge in [0.1, 0.15) is 18.5 Å². The van der Waals surface area contributed by atoms with Gasteiger partial charge in [-0.05, 0) is 36.2 Å². The van der Waals surface area contributed by atoms with Crippen LogP contribution in [0.1, 0.15) is 22.3 Å². The van der Waals surface area contributed by atoms with E-state index in [1.165, 1.54) is 12.1 Å². The first-order valence-electron chi connectivity index (χ1n) is 8.45. The molecule has 2 atom stereocenters. The minimum atomic E-state index is -0.766. The molecule has 0 radical (unpaired) electrons. The molecule has 2 unspecified atom stereocenters. The standard InChI is InChI=1S/C20H20BrFO4/c21-14-20(11-10-15-6-8-17(22)9-7-15)25-13-18(26-20)12-24-19(23)16-4-2-1-3-5-16/h1-9,18H,10-14H2. The lowest BCUT2D eigenvalue weighted by Crippen LogP contribution is -2.34. The highest BCUT2D eigenvalue weighted by molar-refractivity contribution is 9.09. The van der Waals surface area contributed by atoms with Crippen LogP contribution in [0.3, 0.4) is 0 Å². The van der Waals surface area contributed by atoms with E-state index in [-0.39, 0.29) is 24.5 Å². The Morgan fingerprint density at radius 3 is 2.62 bits per heavy atom. The van der Waals surface area contributed by atoms with Crippen molar-refractivity contribution < 1.29 is 23.4 Å². The Kier molecular flexibility index (Phi) is 6.40. The van der Waals surface area contributed by atoms with Crippen molar-refractivity contribution in [3.8, 4) is 0 Å². The van der Waals surface area contributed by atoms with Crippen LogP contribution in [-0.2, 0) is 20.6 Å². The van der Waals surface area contributed by atoms with Crippen molar-refractivity contribution in [1.29, 1.82) is 0 Å². The van der Waals surface area contributed by atoms with Gasteiger partial charge < -0.3 is 14.2 Å². The number of rotatable bonds is 7. The van der Waals surface area contributed by atoms with Crippen molar-refractivity contribution in [2.45, 2.75) is 24.7 Å². The van der Waals surface area contributed by atoms with Crippen LogP contribution in [0.4, 0.5) is 4.39 Å². The van der Waals surface area contributed by atoms with E-state index in [1.807, 2.05) is 6.07 Å². The zero-order valence-corrected chi connectivity index (χ0v) is 15.8. The van der Waals surface area contributed by atoms with E-state index >= 15 is 0 Å². The molecule has 0 amide bonds. The minimum absolute atomic E-state index is 0.138. The van der Waals surface area contributed by atoms with Crippen LogP contribution >= 0.6 is 15.9 Å². The quantitative estimate of drug-likeness (QED) is 0.497. The fourth-order valence-electron chi connectivity index (χ4n) is 2.78. The van der Waals surface area contributed by atoms with Gasteiger partial charge in [0, 0.05) is 6.42 Å². The second kappa shape index (κ2) is 8.75. The SMILES string of the molecule is O=C(OCC1COC(CBr)(CCc2ccc(F)cc2)O1)c1ccccc1. The zero-order valence-electron chi connectivity index (χ0n) is 14.2. The molecule has 1 fully saturated rings. The molecule has 26 heavy (non-hydrogen) atoms. The smallest absolute Gasteiger partial charge is 0.338 e. The number of halogens is 2. The molecule has 0 bridgehead atoms. The third-order valence-corrected chi connectivity index (χ3v) is 5.09. The van der Waals surface area contributed by atoms with Gasteiger partial charge in [0.2, 0.25) is 0 Å². The first-order chi connectivity index (χ1) is 12.6. The summed E-state index contributed by atoms with van der Waals surface area (Å²) in [7, 11) is 0. The summed E-state index contributed by atoms with van der Waals surface area (Å²) < 4.78 is 30.2. The van der Waals surface area contributed by atoms with Gasteiger partial charge in [-0.15, -0.1) is 0 Å². The van der Waals surface area contributed by atoms with Crippen LogP contribution < -0.4 is 0 Å². The first kappa shape index (κ1) is 19.0. The maximum atomic E-state index is 13.0. The lowest BCUT2D eigenvalue weighted by molar-refractivity contribution is -0.156. The van der Waals surface area contributed by atoms with E-state index in [0.29, 0.717) is 30.3 Å². The molecular weight excluding hydrogens is 403 g/mol. The highest BCUT2D eigenvalue weighted by Gasteiger charge is 2.40. The average molecular weight is 423 g/mol. The number of carbonyl (C=O) groups is 1. The topological polar surface area (TPSA) is 44.8 Å². The molecular formula is C20H20BrFO4. The van der Waals surface area contributed by atoms with Crippen LogP contribution in [0, 0.1) is 5.82 Å². The number of alkyl halides is 1. The Morgan fingerprint density at radius 2 is 1.92 bits per heavy atom. The summed E-state index contributed by atoms with van der Waals surface area (Å²) >= 11 is 3.45. The van der Waals surface area contributed by atoms with E-state index in [0.717, 1.165) is 5.56 Å². The second-order valence-corrected chi connectivity index (χ2v) is 6.75. The Labute approximate surface area is 160 Å². The Morgan fingerprint density at radius 1 is 1.19 bits per heavy atom. The van der Waals surface area contributed by atoms with E-state index in [4.69, 9.17) is 14.2 Å². The number of carbonyl (C=O) groups excluding carboxylic acids is 1. The summed E-state index contributed by atoms with van der Waals surface area (Å²) in [5.41, 5.74) is 1.52. The first-order valence-corrected chi connectivity index (χ1v) is 9.57. The third-order valence-electron chi connectivity index (χ3n) is 4.23. The van der Waals surface area contributed by atoms with Crippen LogP contribution in [0.5, 0.6) is 0 Å². The number of hydrogen-bond donors (Lipinski definition) is 0.